The van der Waals surface area contributed by atoms with Gasteiger partial charge in [-0.2, -0.15) is 4.31 Å². The molecule has 1 fully saturated rings. The van der Waals surface area contributed by atoms with Crippen molar-refractivity contribution in [3.8, 4) is 11.4 Å². The Kier molecular flexibility index (Phi) is 4.52. The molecule has 0 spiro atoms. The first-order chi connectivity index (χ1) is 12.6. The zero-order valence-electron chi connectivity index (χ0n) is 14.7. The van der Waals surface area contributed by atoms with Crippen molar-refractivity contribution in [3.05, 3.63) is 48.5 Å². The van der Waals surface area contributed by atoms with Crippen molar-refractivity contribution < 1.29 is 8.42 Å². The van der Waals surface area contributed by atoms with Crippen LogP contribution in [-0.2, 0) is 10.0 Å². The van der Waals surface area contributed by atoms with Gasteiger partial charge in [-0.1, -0.05) is 37.3 Å². The highest BCUT2D eigenvalue weighted by Gasteiger charge is 2.28. The molecule has 1 aliphatic heterocycles. The van der Waals surface area contributed by atoms with Gasteiger partial charge in [0.25, 0.3) is 0 Å². The number of piperazine rings is 1. The third-order valence-electron chi connectivity index (χ3n) is 4.92. The maximum atomic E-state index is 13.0. The summed E-state index contributed by atoms with van der Waals surface area (Å²) < 4.78 is 27.5. The first-order valence-corrected chi connectivity index (χ1v) is 10.3. The number of H-pyrrole nitrogens is 1. The summed E-state index contributed by atoms with van der Waals surface area (Å²) in [4.78, 5) is 10.4. The van der Waals surface area contributed by atoms with Crippen LogP contribution in [0.25, 0.3) is 22.4 Å². The van der Waals surface area contributed by atoms with Crippen molar-refractivity contribution >= 4 is 21.1 Å². The number of nitrogens with zero attached hydrogens (tertiary/aromatic N) is 3. The molecule has 0 atom stereocenters. The Hall–Kier alpha value is -2.22. The van der Waals surface area contributed by atoms with Crippen LogP contribution < -0.4 is 0 Å². The van der Waals surface area contributed by atoms with Gasteiger partial charge in [0.15, 0.2) is 0 Å². The second-order valence-corrected chi connectivity index (χ2v) is 8.41. The summed E-state index contributed by atoms with van der Waals surface area (Å²) in [6.45, 7) is 5.68. The largest absolute Gasteiger partial charge is 0.338 e. The summed E-state index contributed by atoms with van der Waals surface area (Å²) in [6, 6.07) is 14.9. The second-order valence-electron chi connectivity index (χ2n) is 6.47. The molecule has 0 saturated carbocycles. The molecule has 4 rings (SSSR count). The van der Waals surface area contributed by atoms with E-state index >= 15 is 0 Å². The maximum Gasteiger partial charge on any atom is 0.243 e. The van der Waals surface area contributed by atoms with E-state index in [-0.39, 0.29) is 0 Å². The number of aromatic nitrogens is 2. The molecule has 2 aromatic carbocycles. The summed E-state index contributed by atoms with van der Waals surface area (Å²) >= 11 is 0. The first kappa shape index (κ1) is 17.2. The van der Waals surface area contributed by atoms with E-state index in [9.17, 15) is 8.42 Å². The number of hydrogen-bond acceptors (Lipinski definition) is 4. The molecule has 0 bridgehead atoms. The molecule has 3 aromatic rings. The Morgan fingerprint density at radius 2 is 1.77 bits per heavy atom. The van der Waals surface area contributed by atoms with Crippen LogP contribution in [-0.4, -0.2) is 60.3 Å². The van der Waals surface area contributed by atoms with Crippen LogP contribution >= 0.6 is 0 Å². The fourth-order valence-corrected chi connectivity index (χ4v) is 4.77. The van der Waals surface area contributed by atoms with Crippen molar-refractivity contribution in [2.75, 3.05) is 32.7 Å². The maximum absolute atomic E-state index is 13.0. The highest BCUT2D eigenvalue weighted by Crippen LogP contribution is 2.24. The van der Waals surface area contributed by atoms with Gasteiger partial charge < -0.3 is 9.88 Å². The van der Waals surface area contributed by atoms with E-state index in [2.05, 4.69) is 21.8 Å². The van der Waals surface area contributed by atoms with Crippen LogP contribution in [0.1, 0.15) is 6.92 Å². The Labute approximate surface area is 153 Å². The SMILES string of the molecule is CCN1CCN(S(=O)(=O)c2ccc3nc(-c4ccccc4)[nH]c3c2)CC1. The average molecular weight is 370 g/mol. The lowest BCUT2D eigenvalue weighted by atomic mass is 10.2. The van der Waals surface area contributed by atoms with Crippen molar-refractivity contribution in [2.24, 2.45) is 0 Å². The fourth-order valence-electron chi connectivity index (χ4n) is 3.32. The summed E-state index contributed by atoms with van der Waals surface area (Å²) in [7, 11) is -3.48. The van der Waals surface area contributed by atoms with Crippen LogP contribution in [0.4, 0.5) is 0 Å². The third kappa shape index (κ3) is 3.13. The van der Waals surface area contributed by atoms with Gasteiger partial charge in [-0.3, -0.25) is 0 Å². The summed E-state index contributed by atoms with van der Waals surface area (Å²) in [5, 5.41) is 0. The number of likely N-dealkylation sites (N-methyl/N-ethyl adjacent to an activating group) is 1. The molecule has 2 heterocycles. The Morgan fingerprint density at radius 3 is 2.46 bits per heavy atom. The van der Waals surface area contributed by atoms with Crippen molar-refractivity contribution in [3.63, 3.8) is 0 Å². The monoisotopic (exact) mass is 370 g/mol. The van der Waals surface area contributed by atoms with Gasteiger partial charge in [0, 0.05) is 31.7 Å². The first-order valence-electron chi connectivity index (χ1n) is 8.85. The van der Waals surface area contributed by atoms with Gasteiger partial charge in [0.2, 0.25) is 10.0 Å². The number of sulfonamides is 1. The van der Waals surface area contributed by atoms with Crippen LogP contribution in [0, 0.1) is 0 Å². The van der Waals surface area contributed by atoms with Crippen molar-refractivity contribution in [1.82, 2.24) is 19.2 Å². The minimum absolute atomic E-state index is 0.318. The zero-order chi connectivity index (χ0) is 18.1. The molecule has 136 valence electrons. The Morgan fingerprint density at radius 1 is 1.04 bits per heavy atom. The number of aromatic amines is 1. The average Bonchev–Trinajstić information content (AvgIpc) is 3.12. The second kappa shape index (κ2) is 6.83. The standard InChI is InChI=1S/C19H22N4O2S/c1-2-22-10-12-23(13-11-22)26(24,25)16-8-9-17-18(14-16)21-19(20-17)15-6-4-3-5-7-15/h3-9,14H,2,10-13H2,1H3,(H,20,21). The van der Waals surface area contributed by atoms with E-state index in [0.717, 1.165) is 42.1 Å². The fraction of sp³-hybridized carbons (Fsp3) is 0.316. The molecule has 0 unspecified atom stereocenters. The van der Waals surface area contributed by atoms with Crippen LogP contribution in [0.3, 0.4) is 0 Å². The highest BCUT2D eigenvalue weighted by atomic mass is 32.2. The Bertz CT molecular complexity index is 1010. The quantitative estimate of drug-likeness (QED) is 0.766. The number of benzene rings is 2. The smallest absolute Gasteiger partial charge is 0.243 e. The molecule has 0 aliphatic carbocycles. The van der Waals surface area contributed by atoms with Gasteiger partial charge in [-0.25, -0.2) is 13.4 Å². The number of hydrogen-bond donors (Lipinski definition) is 1. The van der Waals surface area contributed by atoms with Gasteiger partial charge >= 0.3 is 0 Å². The summed E-state index contributed by atoms with van der Waals surface area (Å²) in [5.74, 6) is 0.742. The van der Waals surface area contributed by atoms with E-state index < -0.39 is 10.0 Å². The molecule has 1 N–H and O–H groups in total. The number of nitrogens with one attached hydrogen (secondary N) is 1. The molecule has 6 nitrogen and oxygen atoms in total. The molecule has 7 heteroatoms. The van der Waals surface area contributed by atoms with Gasteiger partial charge in [-0.05, 0) is 24.7 Å². The minimum atomic E-state index is -3.48. The molecule has 1 aromatic heterocycles. The molecule has 26 heavy (non-hydrogen) atoms. The van der Waals surface area contributed by atoms with Gasteiger partial charge in [0.05, 0.1) is 15.9 Å². The number of imidazole rings is 1. The molecular weight excluding hydrogens is 348 g/mol. The number of rotatable bonds is 4. The summed E-state index contributed by atoms with van der Waals surface area (Å²) in [6.07, 6.45) is 0. The molecule has 0 amide bonds. The minimum Gasteiger partial charge on any atom is -0.338 e. The zero-order valence-corrected chi connectivity index (χ0v) is 15.5. The lowest BCUT2D eigenvalue weighted by Crippen LogP contribution is -2.48. The van der Waals surface area contributed by atoms with Crippen molar-refractivity contribution in [1.29, 1.82) is 0 Å². The van der Waals surface area contributed by atoms with Gasteiger partial charge in [0.1, 0.15) is 5.82 Å². The van der Waals surface area contributed by atoms with Crippen LogP contribution in [0.2, 0.25) is 0 Å². The van der Waals surface area contributed by atoms with E-state index in [0.29, 0.717) is 18.0 Å². The van der Waals surface area contributed by atoms with Crippen LogP contribution in [0.15, 0.2) is 53.4 Å². The normalized spacial score (nSPS) is 17.0. The molecule has 1 aliphatic rings. The van der Waals surface area contributed by atoms with Crippen LogP contribution in [0.5, 0.6) is 0 Å². The summed E-state index contributed by atoms with van der Waals surface area (Å²) in [5.41, 5.74) is 2.47. The lowest BCUT2D eigenvalue weighted by Gasteiger charge is -2.33. The van der Waals surface area contributed by atoms with Gasteiger partial charge in [-0.15, -0.1) is 0 Å². The van der Waals surface area contributed by atoms with E-state index in [1.54, 1.807) is 22.5 Å². The highest BCUT2D eigenvalue weighted by molar-refractivity contribution is 7.89. The third-order valence-corrected chi connectivity index (χ3v) is 6.81. The van der Waals surface area contributed by atoms with E-state index in [1.807, 2.05) is 30.3 Å². The topological polar surface area (TPSA) is 69.3 Å². The predicted octanol–water partition coefficient (Wildman–Crippen LogP) is 2.56. The lowest BCUT2D eigenvalue weighted by molar-refractivity contribution is 0.196. The van der Waals surface area contributed by atoms with Crippen molar-refractivity contribution in [2.45, 2.75) is 11.8 Å². The molecule has 1 saturated heterocycles. The van der Waals surface area contributed by atoms with E-state index in [1.165, 1.54) is 0 Å². The molecular formula is C19H22N4O2S. The predicted molar refractivity (Wildman–Crippen MR) is 102 cm³/mol. The molecule has 0 radical (unpaired) electrons. The van der Waals surface area contributed by atoms with E-state index in [4.69, 9.17) is 0 Å². The Balaban J connectivity index is 1.65. The number of fused-ring (bicyclic) bond motifs is 1.